The number of nitrogens with one attached hydrogen (secondary N) is 1. The molecule has 0 unspecified atom stereocenters. The fraction of sp³-hybridized carbons (Fsp3) is 0.250. The average Bonchev–Trinajstić information content (AvgIpc) is 2.79. The van der Waals surface area contributed by atoms with E-state index in [9.17, 15) is 4.39 Å². The second-order valence-electron chi connectivity index (χ2n) is 4.81. The van der Waals surface area contributed by atoms with Gasteiger partial charge in [0.2, 0.25) is 0 Å². The second kappa shape index (κ2) is 4.54. The molecule has 1 nitrogen and oxygen atoms in total. The highest BCUT2D eigenvalue weighted by molar-refractivity contribution is 5.44. The smallest absolute Gasteiger partial charge is 0.123 e. The molecular weight excluding hydrogens is 225 g/mol. The van der Waals surface area contributed by atoms with Crippen LogP contribution in [0, 0.1) is 5.82 Å². The van der Waals surface area contributed by atoms with Crippen molar-refractivity contribution in [2.45, 2.75) is 18.4 Å². The summed E-state index contributed by atoms with van der Waals surface area (Å²) in [6, 6.07) is 15.8. The normalized spacial score (nSPS) is 21.9. The third-order valence-electron chi connectivity index (χ3n) is 3.84. The average molecular weight is 241 g/mol. The summed E-state index contributed by atoms with van der Waals surface area (Å²) in [4.78, 5) is 0. The lowest BCUT2D eigenvalue weighted by Crippen LogP contribution is -2.13. The van der Waals surface area contributed by atoms with Gasteiger partial charge in [-0.1, -0.05) is 36.4 Å². The van der Waals surface area contributed by atoms with Gasteiger partial charge >= 0.3 is 0 Å². The lowest BCUT2D eigenvalue weighted by molar-refractivity contribution is 0.563. The third-order valence-corrected chi connectivity index (χ3v) is 3.84. The molecule has 0 fully saturated rings. The van der Waals surface area contributed by atoms with Crippen LogP contribution in [0.1, 0.15) is 35.1 Å². The fourth-order valence-electron chi connectivity index (χ4n) is 2.92. The van der Waals surface area contributed by atoms with Crippen molar-refractivity contribution in [1.29, 1.82) is 0 Å². The van der Waals surface area contributed by atoms with E-state index in [2.05, 4.69) is 29.6 Å². The van der Waals surface area contributed by atoms with E-state index in [4.69, 9.17) is 0 Å². The zero-order valence-corrected chi connectivity index (χ0v) is 10.4. The van der Waals surface area contributed by atoms with Gasteiger partial charge in [-0.2, -0.15) is 0 Å². The Morgan fingerprint density at radius 1 is 1.00 bits per heavy atom. The Kier molecular flexibility index (Phi) is 2.88. The minimum Gasteiger partial charge on any atom is -0.313 e. The van der Waals surface area contributed by atoms with Gasteiger partial charge in [0.1, 0.15) is 5.82 Å². The predicted molar refractivity (Wildman–Crippen MR) is 71.1 cm³/mol. The molecule has 0 amide bonds. The Hall–Kier alpha value is -1.67. The quantitative estimate of drug-likeness (QED) is 0.846. The molecule has 0 heterocycles. The van der Waals surface area contributed by atoms with Crippen LogP contribution in [-0.2, 0) is 0 Å². The molecule has 1 aliphatic carbocycles. The van der Waals surface area contributed by atoms with Crippen LogP contribution in [0.3, 0.4) is 0 Å². The van der Waals surface area contributed by atoms with Gasteiger partial charge in [-0.25, -0.2) is 4.39 Å². The molecule has 1 aliphatic rings. The standard InChI is InChI=1S/C16H16FN/c1-18-16-10-15(11-6-8-12(17)9-7-11)13-4-2-3-5-14(13)16/h2-9,15-16,18H,10H2,1H3/t15-,16-/m0/s1. The molecule has 0 saturated heterocycles. The van der Waals surface area contributed by atoms with Gasteiger partial charge < -0.3 is 5.32 Å². The molecule has 0 aromatic heterocycles. The Labute approximate surface area is 107 Å². The van der Waals surface area contributed by atoms with E-state index in [1.807, 2.05) is 19.2 Å². The van der Waals surface area contributed by atoms with Crippen molar-refractivity contribution in [1.82, 2.24) is 5.32 Å². The van der Waals surface area contributed by atoms with Crippen molar-refractivity contribution < 1.29 is 4.39 Å². The van der Waals surface area contributed by atoms with Crippen LogP contribution in [0.2, 0.25) is 0 Å². The summed E-state index contributed by atoms with van der Waals surface area (Å²) in [6.07, 6.45) is 1.04. The lowest BCUT2D eigenvalue weighted by Gasteiger charge is -2.12. The van der Waals surface area contributed by atoms with Crippen molar-refractivity contribution in [3.8, 4) is 0 Å². The second-order valence-corrected chi connectivity index (χ2v) is 4.81. The van der Waals surface area contributed by atoms with Gasteiger partial charge in [0.25, 0.3) is 0 Å². The summed E-state index contributed by atoms with van der Waals surface area (Å²) < 4.78 is 13.0. The molecule has 2 atom stereocenters. The molecule has 18 heavy (non-hydrogen) atoms. The van der Waals surface area contributed by atoms with E-state index in [-0.39, 0.29) is 5.82 Å². The van der Waals surface area contributed by atoms with E-state index in [0.717, 1.165) is 6.42 Å². The van der Waals surface area contributed by atoms with E-state index in [1.54, 1.807) is 12.1 Å². The highest BCUT2D eigenvalue weighted by Crippen LogP contribution is 2.43. The molecular formula is C16H16FN. The first-order valence-electron chi connectivity index (χ1n) is 6.31. The van der Waals surface area contributed by atoms with Crippen LogP contribution in [0.4, 0.5) is 4.39 Å². The molecule has 0 bridgehead atoms. The van der Waals surface area contributed by atoms with Crippen molar-refractivity contribution in [3.05, 3.63) is 71.0 Å². The molecule has 0 aliphatic heterocycles. The van der Waals surface area contributed by atoms with Crippen LogP contribution in [0.15, 0.2) is 48.5 Å². The predicted octanol–water partition coefficient (Wildman–Crippen LogP) is 3.62. The molecule has 2 aromatic carbocycles. The molecule has 92 valence electrons. The van der Waals surface area contributed by atoms with E-state index >= 15 is 0 Å². The van der Waals surface area contributed by atoms with Crippen LogP contribution in [0.5, 0.6) is 0 Å². The molecule has 0 spiro atoms. The summed E-state index contributed by atoms with van der Waals surface area (Å²) in [5.74, 6) is 0.203. The zero-order valence-electron chi connectivity index (χ0n) is 10.4. The number of rotatable bonds is 2. The van der Waals surface area contributed by atoms with E-state index in [0.29, 0.717) is 12.0 Å². The molecule has 3 rings (SSSR count). The van der Waals surface area contributed by atoms with Crippen molar-refractivity contribution >= 4 is 0 Å². The Bertz CT molecular complexity index is 547. The highest BCUT2D eigenvalue weighted by Gasteiger charge is 2.30. The van der Waals surface area contributed by atoms with Gasteiger partial charge in [-0.15, -0.1) is 0 Å². The number of halogens is 1. The van der Waals surface area contributed by atoms with Gasteiger partial charge in [0, 0.05) is 12.0 Å². The van der Waals surface area contributed by atoms with Crippen molar-refractivity contribution in [2.75, 3.05) is 7.05 Å². The van der Waals surface area contributed by atoms with E-state index in [1.165, 1.54) is 16.7 Å². The highest BCUT2D eigenvalue weighted by atomic mass is 19.1. The largest absolute Gasteiger partial charge is 0.313 e. The van der Waals surface area contributed by atoms with Crippen molar-refractivity contribution in [2.24, 2.45) is 0 Å². The monoisotopic (exact) mass is 241 g/mol. The Morgan fingerprint density at radius 3 is 2.33 bits per heavy atom. The third kappa shape index (κ3) is 1.83. The topological polar surface area (TPSA) is 12.0 Å². The van der Waals surface area contributed by atoms with Crippen molar-refractivity contribution in [3.63, 3.8) is 0 Å². The number of hydrogen-bond donors (Lipinski definition) is 1. The summed E-state index contributed by atoms with van der Waals surface area (Å²) in [6.45, 7) is 0. The fourth-order valence-corrected chi connectivity index (χ4v) is 2.92. The summed E-state index contributed by atoms with van der Waals surface area (Å²) in [5, 5.41) is 3.36. The van der Waals surface area contributed by atoms with Gasteiger partial charge in [0.15, 0.2) is 0 Å². The molecule has 1 N–H and O–H groups in total. The van der Waals surface area contributed by atoms with Crippen LogP contribution >= 0.6 is 0 Å². The summed E-state index contributed by atoms with van der Waals surface area (Å²) in [5.41, 5.74) is 3.93. The maximum atomic E-state index is 13.0. The maximum Gasteiger partial charge on any atom is 0.123 e. The summed E-state index contributed by atoms with van der Waals surface area (Å²) in [7, 11) is 1.99. The first-order chi connectivity index (χ1) is 8.79. The van der Waals surface area contributed by atoms with Gasteiger partial charge in [-0.05, 0) is 42.3 Å². The zero-order chi connectivity index (χ0) is 12.5. The first kappa shape index (κ1) is 11.4. The van der Waals surface area contributed by atoms with Crippen LogP contribution < -0.4 is 5.32 Å². The maximum absolute atomic E-state index is 13.0. The Balaban J connectivity index is 2.02. The molecule has 2 aromatic rings. The summed E-state index contributed by atoms with van der Waals surface area (Å²) >= 11 is 0. The number of fused-ring (bicyclic) bond motifs is 1. The number of benzene rings is 2. The Morgan fingerprint density at radius 2 is 1.67 bits per heavy atom. The number of hydrogen-bond acceptors (Lipinski definition) is 1. The van der Waals surface area contributed by atoms with Crippen LogP contribution in [0.25, 0.3) is 0 Å². The molecule has 0 radical (unpaired) electrons. The SMILES string of the molecule is CN[C@H]1C[C@@H](c2ccc(F)cc2)c2ccccc21. The van der Waals surface area contributed by atoms with Gasteiger partial charge in [-0.3, -0.25) is 0 Å². The minimum absolute atomic E-state index is 0.171. The lowest BCUT2D eigenvalue weighted by atomic mass is 9.93. The minimum atomic E-state index is -0.171. The molecule has 0 saturated carbocycles. The molecule has 2 heteroatoms. The van der Waals surface area contributed by atoms with E-state index < -0.39 is 0 Å². The first-order valence-corrected chi connectivity index (χ1v) is 6.31. The van der Waals surface area contributed by atoms with Crippen LogP contribution in [-0.4, -0.2) is 7.05 Å². The van der Waals surface area contributed by atoms with Gasteiger partial charge in [0.05, 0.1) is 0 Å².